The van der Waals surface area contributed by atoms with Gasteiger partial charge in [0, 0.05) is 65.4 Å². The fraction of sp³-hybridized carbons (Fsp3) is 0.529. The molecule has 0 spiro atoms. The van der Waals surface area contributed by atoms with E-state index in [-0.39, 0.29) is 10.6 Å². The van der Waals surface area contributed by atoms with E-state index < -0.39 is 0 Å². The van der Waals surface area contributed by atoms with Crippen molar-refractivity contribution in [3.63, 3.8) is 0 Å². The fourth-order valence-electron chi connectivity index (χ4n) is 6.13. The van der Waals surface area contributed by atoms with Gasteiger partial charge < -0.3 is 24.0 Å². The zero-order valence-electron chi connectivity index (χ0n) is 26.7. The summed E-state index contributed by atoms with van der Waals surface area (Å²) in [5, 5.41) is 4.75. The van der Waals surface area contributed by atoms with Crippen LogP contribution >= 0.6 is 11.6 Å². The zero-order valence-corrected chi connectivity index (χ0v) is 27.5. The Morgan fingerprint density at radius 1 is 0.667 bits per heavy atom. The van der Waals surface area contributed by atoms with Crippen LogP contribution < -0.4 is 29.6 Å². The van der Waals surface area contributed by atoms with E-state index >= 15 is 0 Å². The molecule has 0 bridgehead atoms. The van der Waals surface area contributed by atoms with Crippen LogP contribution in [0.25, 0.3) is 0 Å². The van der Waals surface area contributed by atoms with Crippen LogP contribution in [0.2, 0.25) is 5.02 Å². The Morgan fingerprint density at radius 3 is 1.89 bits per heavy atom. The van der Waals surface area contributed by atoms with Gasteiger partial charge in [-0.2, -0.15) is 5.10 Å². The molecule has 0 saturated carbocycles. The van der Waals surface area contributed by atoms with Crippen LogP contribution in [0.3, 0.4) is 0 Å². The van der Waals surface area contributed by atoms with Crippen molar-refractivity contribution in [2.24, 2.45) is 0 Å². The van der Waals surface area contributed by atoms with Crippen molar-refractivity contribution >= 4 is 23.0 Å². The second kappa shape index (κ2) is 16.7. The molecule has 0 radical (unpaired) electrons. The molecule has 2 aromatic carbocycles. The predicted molar refractivity (Wildman–Crippen MR) is 181 cm³/mol. The molecule has 2 aliphatic rings. The van der Waals surface area contributed by atoms with E-state index in [1.54, 1.807) is 20.4 Å². The minimum absolute atomic E-state index is 0.199. The highest BCUT2D eigenvalue weighted by Gasteiger charge is 2.22. The van der Waals surface area contributed by atoms with E-state index in [1.165, 1.54) is 10.4 Å². The number of aromatic nitrogens is 2. The lowest BCUT2D eigenvalue weighted by molar-refractivity contribution is 0.197. The third kappa shape index (κ3) is 8.83. The lowest BCUT2D eigenvalue weighted by Gasteiger charge is -2.36. The number of aryl methyl sites for hydroxylation is 1. The van der Waals surface area contributed by atoms with E-state index in [2.05, 4.69) is 36.8 Å². The van der Waals surface area contributed by atoms with E-state index in [1.807, 2.05) is 36.4 Å². The van der Waals surface area contributed by atoms with Gasteiger partial charge in [0.1, 0.15) is 17.4 Å². The zero-order chi connectivity index (χ0) is 31.4. The van der Waals surface area contributed by atoms with Crippen molar-refractivity contribution in [3.8, 4) is 17.2 Å². The molecule has 3 aromatic rings. The van der Waals surface area contributed by atoms with Crippen LogP contribution in [-0.2, 0) is 6.54 Å². The van der Waals surface area contributed by atoms with Gasteiger partial charge in [0.05, 0.1) is 31.8 Å². The van der Waals surface area contributed by atoms with Crippen LogP contribution in [0, 0.1) is 0 Å². The van der Waals surface area contributed by atoms with Crippen molar-refractivity contribution in [3.05, 3.63) is 70.1 Å². The highest BCUT2D eigenvalue weighted by atomic mass is 35.5. The van der Waals surface area contributed by atoms with E-state index in [9.17, 15) is 4.79 Å². The normalized spacial score (nSPS) is 16.2. The first-order valence-corrected chi connectivity index (χ1v) is 16.5. The van der Waals surface area contributed by atoms with Crippen LogP contribution in [0.4, 0.5) is 11.4 Å². The summed E-state index contributed by atoms with van der Waals surface area (Å²) in [5.74, 6) is 2.44. The third-order valence-corrected chi connectivity index (χ3v) is 9.16. The number of ether oxygens (including phenoxy) is 3. The maximum Gasteiger partial charge on any atom is 0.287 e. The topological polar surface area (TPSA) is 75.5 Å². The van der Waals surface area contributed by atoms with Gasteiger partial charge in [-0.3, -0.25) is 14.6 Å². The van der Waals surface area contributed by atoms with Crippen LogP contribution in [-0.4, -0.2) is 106 Å². The molecule has 2 saturated heterocycles. The highest BCUT2D eigenvalue weighted by Crippen LogP contribution is 2.29. The summed E-state index contributed by atoms with van der Waals surface area (Å²) in [5.41, 5.74) is 1.71. The molecule has 11 heteroatoms. The summed E-state index contributed by atoms with van der Waals surface area (Å²) < 4.78 is 18.4. The molecule has 0 unspecified atom stereocenters. The number of para-hydroxylation sites is 4. The molecule has 2 fully saturated rings. The van der Waals surface area contributed by atoms with Crippen LogP contribution in [0.5, 0.6) is 17.2 Å². The number of benzene rings is 2. The number of unbranched alkanes of at least 4 members (excludes halogenated alkanes) is 3. The Kier molecular flexibility index (Phi) is 12.2. The minimum Gasteiger partial charge on any atom is -0.495 e. The number of hydrogen-bond acceptors (Lipinski definition) is 9. The third-order valence-electron chi connectivity index (χ3n) is 8.81. The maximum atomic E-state index is 13.0. The Bertz CT molecular complexity index is 1410. The lowest BCUT2D eigenvalue weighted by Crippen LogP contribution is -2.48. The van der Waals surface area contributed by atoms with E-state index in [0.29, 0.717) is 13.2 Å². The molecule has 2 aliphatic heterocycles. The summed E-state index contributed by atoms with van der Waals surface area (Å²) in [7, 11) is 3.38. The molecule has 1 aromatic heterocycles. The average Bonchev–Trinajstić information content (AvgIpc) is 3.09. The fourth-order valence-corrected chi connectivity index (χ4v) is 6.39. The quantitative estimate of drug-likeness (QED) is 0.224. The molecule has 0 aliphatic carbocycles. The molecule has 45 heavy (non-hydrogen) atoms. The molecule has 3 heterocycles. The van der Waals surface area contributed by atoms with Gasteiger partial charge in [-0.1, -0.05) is 48.7 Å². The number of nitrogens with zero attached hydrogens (tertiary/aromatic N) is 6. The smallest absolute Gasteiger partial charge is 0.287 e. The molecule has 0 amide bonds. The van der Waals surface area contributed by atoms with Crippen molar-refractivity contribution in [1.82, 2.24) is 19.6 Å². The second-order valence-electron chi connectivity index (χ2n) is 11.6. The number of anilines is 2. The van der Waals surface area contributed by atoms with Crippen molar-refractivity contribution in [2.75, 3.05) is 96.1 Å². The van der Waals surface area contributed by atoms with Gasteiger partial charge in [0.25, 0.3) is 5.56 Å². The summed E-state index contributed by atoms with van der Waals surface area (Å²) >= 11 is 6.59. The molecule has 10 nitrogen and oxygen atoms in total. The van der Waals surface area contributed by atoms with Gasteiger partial charge in [-0.15, -0.1) is 0 Å². The van der Waals surface area contributed by atoms with Gasteiger partial charge in [0.2, 0.25) is 0 Å². The van der Waals surface area contributed by atoms with E-state index in [0.717, 1.165) is 114 Å². The summed E-state index contributed by atoms with van der Waals surface area (Å²) in [4.78, 5) is 22.5. The minimum atomic E-state index is -0.199. The number of halogens is 1. The molecule has 0 N–H and O–H groups in total. The van der Waals surface area contributed by atoms with Crippen molar-refractivity contribution in [1.29, 1.82) is 0 Å². The molecular formula is C34H47ClN6O4. The lowest BCUT2D eigenvalue weighted by atomic mass is 10.1. The van der Waals surface area contributed by atoms with E-state index in [4.69, 9.17) is 25.8 Å². The predicted octanol–water partition coefficient (Wildman–Crippen LogP) is 4.50. The largest absolute Gasteiger partial charge is 0.495 e. The maximum absolute atomic E-state index is 13.0. The summed E-state index contributed by atoms with van der Waals surface area (Å²) in [6.45, 7) is 10.6. The Balaban J connectivity index is 0.970. The number of rotatable bonds is 15. The first-order chi connectivity index (χ1) is 22.1. The monoisotopic (exact) mass is 638 g/mol. The summed E-state index contributed by atoms with van der Waals surface area (Å²) in [6.07, 6.45) is 6.04. The van der Waals surface area contributed by atoms with Gasteiger partial charge in [-0.25, -0.2) is 4.68 Å². The number of hydrogen-bond donors (Lipinski definition) is 0. The van der Waals surface area contributed by atoms with Gasteiger partial charge in [0.15, 0.2) is 11.5 Å². The Morgan fingerprint density at radius 2 is 1.22 bits per heavy atom. The number of piperazine rings is 2. The first kappa shape index (κ1) is 32.9. The molecule has 0 atom stereocenters. The molecule has 244 valence electrons. The SMILES string of the molecule is COc1ccccc1OCCN1CCN(c2cnn(CCCCCCN3CCN(c4ccccc4OC)CC3)c(=O)c2Cl)CC1. The highest BCUT2D eigenvalue weighted by molar-refractivity contribution is 6.33. The standard InChI is InChI=1S/C34H47ClN6O4/c1-43-30-12-6-5-11-28(30)39-21-17-37(18-22-39)15-9-3-4-10-16-41-34(42)33(35)29(27-36-41)40-23-19-38(20-24-40)25-26-45-32-14-8-7-13-31(32)44-2/h5-8,11-14,27H,3-4,9-10,15-26H2,1-2H3. The van der Waals surface area contributed by atoms with Gasteiger partial charge >= 0.3 is 0 Å². The average molecular weight is 639 g/mol. The van der Waals surface area contributed by atoms with Crippen molar-refractivity contribution in [2.45, 2.75) is 32.2 Å². The Labute approximate surface area is 272 Å². The van der Waals surface area contributed by atoms with Crippen LogP contribution in [0.1, 0.15) is 25.7 Å². The van der Waals surface area contributed by atoms with Crippen molar-refractivity contribution < 1.29 is 14.2 Å². The first-order valence-electron chi connectivity index (χ1n) is 16.2. The Hall–Kier alpha value is -3.47. The molecule has 5 rings (SSSR count). The number of methoxy groups -OCH3 is 2. The summed E-state index contributed by atoms with van der Waals surface area (Å²) in [6, 6.07) is 15.9. The van der Waals surface area contributed by atoms with Gasteiger partial charge in [-0.05, 0) is 43.7 Å². The van der Waals surface area contributed by atoms with Crippen LogP contribution in [0.15, 0.2) is 59.5 Å². The second-order valence-corrected chi connectivity index (χ2v) is 12.0. The molecular weight excluding hydrogens is 592 g/mol.